The molecule has 134 valence electrons. The van der Waals surface area contributed by atoms with Crippen LogP contribution in [0.4, 0.5) is 5.69 Å². The minimum atomic E-state index is -3.60. The third kappa shape index (κ3) is 5.31. The molecule has 0 aliphatic carbocycles. The van der Waals surface area contributed by atoms with Gasteiger partial charge in [0.15, 0.2) is 9.84 Å². The van der Waals surface area contributed by atoms with E-state index in [0.717, 1.165) is 5.56 Å². The fourth-order valence-corrected chi connectivity index (χ4v) is 4.12. The molecule has 0 atom stereocenters. The third-order valence-corrected chi connectivity index (χ3v) is 6.01. The molecule has 0 unspecified atom stereocenters. The summed E-state index contributed by atoms with van der Waals surface area (Å²) >= 11 is 5.93. The molecule has 0 aliphatic heterocycles. The first kappa shape index (κ1) is 19.5. The highest BCUT2D eigenvalue weighted by molar-refractivity contribution is 7.91. The van der Waals surface area contributed by atoms with Gasteiger partial charge in [-0.3, -0.25) is 4.79 Å². The van der Waals surface area contributed by atoms with Gasteiger partial charge in [0.1, 0.15) is 0 Å². The van der Waals surface area contributed by atoms with Gasteiger partial charge in [-0.2, -0.15) is 0 Å². The maximum Gasteiger partial charge on any atom is 0.225 e. The highest BCUT2D eigenvalue weighted by Gasteiger charge is 2.19. The number of carbonyl (C=O) groups excluding carboxylic acids is 1. The van der Waals surface area contributed by atoms with Crippen molar-refractivity contribution in [3.05, 3.63) is 59.1 Å². The maximum atomic E-state index is 12.3. The minimum Gasteiger partial charge on any atom is -0.326 e. The first-order chi connectivity index (χ1) is 11.6. The Morgan fingerprint density at radius 3 is 2.20 bits per heavy atom. The van der Waals surface area contributed by atoms with Crippen LogP contribution in [0.1, 0.15) is 32.8 Å². The van der Waals surface area contributed by atoms with Crippen LogP contribution < -0.4 is 5.32 Å². The van der Waals surface area contributed by atoms with Crippen molar-refractivity contribution in [3.8, 4) is 0 Å². The van der Waals surface area contributed by atoms with E-state index in [9.17, 15) is 13.2 Å². The van der Waals surface area contributed by atoms with Crippen LogP contribution in [0.5, 0.6) is 0 Å². The molecule has 0 fully saturated rings. The van der Waals surface area contributed by atoms with Crippen molar-refractivity contribution in [1.29, 1.82) is 0 Å². The monoisotopic (exact) mass is 379 g/mol. The topological polar surface area (TPSA) is 63.2 Å². The number of benzene rings is 2. The van der Waals surface area contributed by atoms with Crippen molar-refractivity contribution in [2.45, 2.75) is 37.5 Å². The van der Waals surface area contributed by atoms with Crippen molar-refractivity contribution in [3.63, 3.8) is 0 Å². The Morgan fingerprint density at radius 1 is 1.04 bits per heavy atom. The molecule has 0 spiro atoms. The molecule has 1 N–H and O–H groups in total. The van der Waals surface area contributed by atoms with Crippen molar-refractivity contribution in [2.75, 3.05) is 11.1 Å². The number of nitrogens with one attached hydrogen (secondary N) is 1. The van der Waals surface area contributed by atoms with E-state index in [0.29, 0.717) is 5.69 Å². The van der Waals surface area contributed by atoms with E-state index in [1.54, 1.807) is 12.1 Å². The van der Waals surface area contributed by atoms with Gasteiger partial charge in [-0.15, -0.1) is 0 Å². The van der Waals surface area contributed by atoms with Crippen LogP contribution in [-0.4, -0.2) is 20.1 Å². The van der Waals surface area contributed by atoms with E-state index in [-0.39, 0.29) is 33.4 Å². The molecule has 6 heteroatoms. The average Bonchev–Trinajstić information content (AvgIpc) is 2.53. The van der Waals surface area contributed by atoms with Crippen LogP contribution in [-0.2, 0) is 20.0 Å². The lowest BCUT2D eigenvalue weighted by molar-refractivity contribution is -0.115. The number of sulfone groups is 1. The number of amides is 1. The van der Waals surface area contributed by atoms with Crippen LogP contribution in [0.15, 0.2) is 53.4 Å². The summed E-state index contributed by atoms with van der Waals surface area (Å²) in [5, 5.41) is 2.89. The lowest BCUT2D eigenvalue weighted by Gasteiger charge is -2.19. The lowest BCUT2D eigenvalue weighted by Crippen LogP contribution is -2.18. The van der Waals surface area contributed by atoms with E-state index in [2.05, 4.69) is 26.1 Å². The van der Waals surface area contributed by atoms with Gasteiger partial charge in [0.25, 0.3) is 0 Å². The summed E-state index contributed by atoms with van der Waals surface area (Å²) in [4.78, 5) is 12.1. The summed E-state index contributed by atoms with van der Waals surface area (Å²) in [6.45, 7) is 6.33. The molecule has 4 nitrogen and oxygen atoms in total. The molecule has 25 heavy (non-hydrogen) atoms. The van der Waals surface area contributed by atoms with Gasteiger partial charge in [-0.05, 0) is 35.2 Å². The molecule has 2 rings (SSSR count). The zero-order chi connectivity index (χ0) is 18.7. The second-order valence-electron chi connectivity index (χ2n) is 6.87. The Kier molecular flexibility index (Phi) is 5.91. The van der Waals surface area contributed by atoms with Crippen molar-refractivity contribution >= 4 is 33.0 Å². The average molecular weight is 380 g/mol. The summed E-state index contributed by atoms with van der Waals surface area (Å²) in [6.07, 6.45) is -0.130. The van der Waals surface area contributed by atoms with Crippen molar-refractivity contribution < 1.29 is 13.2 Å². The lowest BCUT2D eigenvalue weighted by atomic mass is 9.87. The summed E-state index contributed by atoms with van der Waals surface area (Å²) in [6, 6.07) is 13.8. The third-order valence-electron chi connectivity index (χ3n) is 3.80. The zero-order valence-corrected chi connectivity index (χ0v) is 16.1. The smallest absolute Gasteiger partial charge is 0.225 e. The number of carbonyl (C=O) groups is 1. The van der Waals surface area contributed by atoms with E-state index in [1.807, 2.05) is 24.3 Å². The fourth-order valence-electron chi connectivity index (χ4n) is 2.31. The molecule has 0 aromatic heterocycles. The molecule has 1 amide bonds. The van der Waals surface area contributed by atoms with E-state index in [1.165, 1.54) is 12.1 Å². The predicted octanol–water partition coefficient (Wildman–Crippen LogP) is 4.44. The number of hydrogen-bond acceptors (Lipinski definition) is 3. The number of halogens is 1. The molecular weight excluding hydrogens is 358 g/mol. The molecule has 0 heterocycles. The SMILES string of the molecule is CC(C)(C)c1ccc(NC(=O)CCS(=O)(=O)c2ccccc2Cl)cc1. The second-order valence-corrected chi connectivity index (χ2v) is 9.36. The molecule has 0 saturated carbocycles. The number of rotatable bonds is 5. The van der Waals surface area contributed by atoms with E-state index in [4.69, 9.17) is 11.6 Å². The van der Waals surface area contributed by atoms with Gasteiger partial charge in [-0.25, -0.2) is 8.42 Å². The summed E-state index contributed by atoms with van der Waals surface area (Å²) in [5.41, 5.74) is 1.84. The molecule has 0 bridgehead atoms. The van der Waals surface area contributed by atoms with Crippen LogP contribution >= 0.6 is 11.6 Å². The molecule has 2 aromatic carbocycles. The van der Waals surface area contributed by atoms with Gasteiger partial charge in [-0.1, -0.05) is 56.6 Å². The number of anilines is 1. The van der Waals surface area contributed by atoms with E-state index < -0.39 is 9.84 Å². The van der Waals surface area contributed by atoms with Gasteiger partial charge < -0.3 is 5.32 Å². The molecule has 0 radical (unpaired) electrons. The Balaban J connectivity index is 1.98. The maximum absolute atomic E-state index is 12.3. The van der Waals surface area contributed by atoms with Crippen LogP contribution in [0.25, 0.3) is 0 Å². The highest BCUT2D eigenvalue weighted by Crippen LogP contribution is 2.24. The standard InChI is InChI=1S/C19H22ClNO3S/c1-19(2,3)14-8-10-15(11-9-14)21-18(22)12-13-25(23,24)17-7-5-4-6-16(17)20/h4-11H,12-13H2,1-3H3,(H,21,22). The normalized spacial score (nSPS) is 12.0. The number of hydrogen-bond donors (Lipinski definition) is 1. The summed E-state index contributed by atoms with van der Waals surface area (Å²) < 4.78 is 24.6. The highest BCUT2D eigenvalue weighted by atomic mass is 35.5. The molecule has 0 saturated heterocycles. The molecule has 2 aromatic rings. The van der Waals surface area contributed by atoms with Gasteiger partial charge >= 0.3 is 0 Å². The summed E-state index contributed by atoms with van der Waals surface area (Å²) in [5.74, 6) is -0.637. The first-order valence-electron chi connectivity index (χ1n) is 7.97. The molecular formula is C19H22ClNO3S. The summed E-state index contributed by atoms with van der Waals surface area (Å²) in [7, 11) is -3.60. The van der Waals surface area contributed by atoms with Gasteiger partial charge in [0, 0.05) is 12.1 Å². The zero-order valence-electron chi connectivity index (χ0n) is 14.5. The van der Waals surface area contributed by atoms with Gasteiger partial charge in [0.05, 0.1) is 15.7 Å². The van der Waals surface area contributed by atoms with Crippen molar-refractivity contribution in [2.24, 2.45) is 0 Å². The van der Waals surface area contributed by atoms with Crippen LogP contribution in [0.2, 0.25) is 5.02 Å². The minimum absolute atomic E-state index is 0.0333. The largest absolute Gasteiger partial charge is 0.326 e. The fraction of sp³-hybridized carbons (Fsp3) is 0.316. The Bertz CT molecular complexity index is 853. The Labute approximate surface area is 154 Å². The molecule has 0 aliphatic rings. The Morgan fingerprint density at radius 2 is 1.64 bits per heavy atom. The quantitative estimate of drug-likeness (QED) is 0.835. The Hall–Kier alpha value is -1.85. The van der Waals surface area contributed by atoms with Crippen molar-refractivity contribution in [1.82, 2.24) is 0 Å². The van der Waals surface area contributed by atoms with Gasteiger partial charge in [0.2, 0.25) is 5.91 Å². The first-order valence-corrected chi connectivity index (χ1v) is 10.0. The second kappa shape index (κ2) is 7.58. The predicted molar refractivity (Wildman–Crippen MR) is 102 cm³/mol. The van der Waals surface area contributed by atoms with Crippen LogP contribution in [0, 0.1) is 0 Å². The van der Waals surface area contributed by atoms with Crippen LogP contribution in [0.3, 0.4) is 0 Å². The van der Waals surface area contributed by atoms with E-state index >= 15 is 0 Å².